The zero-order chi connectivity index (χ0) is 12.3. The topological polar surface area (TPSA) is 44.1 Å². The van der Waals surface area contributed by atoms with Crippen LogP contribution in [0.1, 0.15) is 35.9 Å². The number of esters is 1. The smallest absolute Gasteiger partial charge is 0.359 e. The summed E-state index contributed by atoms with van der Waals surface area (Å²) in [4.78, 5) is 15.8. The van der Waals surface area contributed by atoms with Crippen LogP contribution in [-0.2, 0) is 4.74 Å². The highest BCUT2D eigenvalue weighted by Crippen LogP contribution is 2.21. The van der Waals surface area contributed by atoms with Crippen molar-refractivity contribution in [3.63, 3.8) is 0 Å². The Kier molecular flexibility index (Phi) is 3.78. The monoisotopic (exact) mass is 296 g/mol. The molecule has 5 heteroatoms. The normalized spacial score (nSPS) is 19.5. The van der Waals surface area contributed by atoms with Crippen LogP contribution in [0.2, 0.25) is 0 Å². The number of rotatable bonds is 2. The maximum absolute atomic E-state index is 11.7. The SMILES string of the molecule is CCOC(=O)c1ncn2c1/C=C\CC/C(Br)=C\2. The molecule has 0 saturated carbocycles. The fraction of sp³-hybridized carbons (Fsp3) is 0.333. The fourth-order valence-corrected chi connectivity index (χ4v) is 2.08. The second kappa shape index (κ2) is 5.31. The number of ether oxygens (including phenoxy) is 1. The quantitative estimate of drug-likeness (QED) is 0.788. The third-order valence-electron chi connectivity index (χ3n) is 2.41. The lowest BCUT2D eigenvalue weighted by Crippen LogP contribution is -2.07. The summed E-state index contributed by atoms with van der Waals surface area (Å²) in [5.41, 5.74) is 1.13. The molecule has 17 heavy (non-hydrogen) atoms. The van der Waals surface area contributed by atoms with E-state index in [2.05, 4.69) is 20.9 Å². The average molecular weight is 297 g/mol. The molecular formula is C12H13BrN2O2. The molecule has 2 heterocycles. The second-order valence-corrected chi connectivity index (χ2v) is 4.64. The van der Waals surface area contributed by atoms with Crippen LogP contribution in [0.4, 0.5) is 0 Å². The van der Waals surface area contributed by atoms with E-state index in [4.69, 9.17) is 4.74 Å². The minimum absolute atomic E-state index is 0.356. The van der Waals surface area contributed by atoms with Crippen molar-refractivity contribution in [2.24, 2.45) is 0 Å². The molecule has 0 amide bonds. The number of hydrogen-bond acceptors (Lipinski definition) is 3. The van der Waals surface area contributed by atoms with Gasteiger partial charge in [0, 0.05) is 10.7 Å². The predicted molar refractivity (Wildman–Crippen MR) is 69.7 cm³/mol. The number of fused-ring (bicyclic) bond motifs is 1. The number of hydrogen-bond donors (Lipinski definition) is 0. The van der Waals surface area contributed by atoms with Gasteiger partial charge in [-0.15, -0.1) is 0 Å². The molecule has 0 aliphatic carbocycles. The van der Waals surface area contributed by atoms with Gasteiger partial charge in [0.05, 0.1) is 12.3 Å². The average Bonchev–Trinajstić information content (AvgIpc) is 2.64. The number of halogens is 1. The van der Waals surface area contributed by atoms with E-state index in [0.29, 0.717) is 12.3 Å². The van der Waals surface area contributed by atoms with Gasteiger partial charge >= 0.3 is 5.97 Å². The number of carbonyl (C=O) groups excluding carboxylic acids is 1. The van der Waals surface area contributed by atoms with Crippen molar-refractivity contribution in [1.29, 1.82) is 0 Å². The summed E-state index contributed by atoms with van der Waals surface area (Å²) >= 11 is 3.48. The van der Waals surface area contributed by atoms with Crippen LogP contribution in [0.25, 0.3) is 12.3 Å². The van der Waals surface area contributed by atoms with Crippen LogP contribution < -0.4 is 0 Å². The molecule has 0 unspecified atom stereocenters. The summed E-state index contributed by atoms with van der Waals surface area (Å²) in [6, 6.07) is 0. The molecule has 1 aromatic rings. The maximum Gasteiger partial charge on any atom is 0.359 e. The standard InChI is InChI=1S/C12H13BrN2O2/c1-2-17-12(16)11-10-6-4-3-5-9(13)7-15(10)8-14-11/h4,6-8H,2-3,5H2,1H3/b6-4-,9-7+. The molecule has 1 aromatic heterocycles. The minimum Gasteiger partial charge on any atom is -0.461 e. The van der Waals surface area contributed by atoms with E-state index >= 15 is 0 Å². The summed E-state index contributed by atoms with van der Waals surface area (Å²) in [6.45, 7) is 2.14. The molecule has 0 N–H and O–H groups in total. The molecule has 1 aliphatic heterocycles. The van der Waals surface area contributed by atoms with Crippen molar-refractivity contribution >= 4 is 34.2 Å². The molecule has 0 bridgehead atoms. The zero-order valence-corrected chi connectivity index (χ0v) is 11.1. The zero-order valence-electron chi connectivity index (χ0n) is 9.52. The van der Waals surface area contributed by atoms with Gasteiger partial charge in [0.1, 0.15) is 6.33 Å². The Hall–Kier alpha value is -1.36. The largest absolute Gasteiger partial charge is 0.461 e. The molecule has 0 radical (unpaired) electrons. The highest BCUT2D eigenvalue weighted by Gasteiger charge is 2.17. The Morgan fingerprint density at radius 1 is 1.65 bits per heavy atom. The summed E-state index contributed by atoms with van der Waals surface area (Å²) < 4.78 is 7.88. The van der Waals surface area contributed by atoms with Crippen molar-refractivity contribution < 1.29 is 9.53 Å². The van der Waals surface area contributed by atoms with Crippen LogP contribution in [0.3, 0.4) is 0 Å². The van der Waals surface area contributed by atoms with Crippen molar-refractivity contribution in [1.82, 2.24) is 9.55 Å². The number of imidazole rings is 1. The maximum atomic E-state index is 11.7. The van der Waals surface area contributed by atoms with Crippen molar-refractivity contribution in [3.8, 4) is 0 Å². The minimum atomic E-state index is -0.379. The van der Waals surface area contributed by atoms with Gasteiger partial charge in [0.2, 0.25) is 0 Å². The third-order valence-corrected chi connectivity index (χ3v) is 3.01. The number of carbonyl (C=O) groups is 1. The Bertz CT molecular complexity index is 489. The molecule has 0 fully saturated rings. The lowest BCUT2D eigenvalue weighted by atomic mass is 10.2. The van der Waals surface area contributed by atoms with Crippen LogP contribution in [0.5, 0.6) is 0 Å². The first-order valence-corrected chi connectivity index (χ1v) is 6.28. The molecule has 4 nitrogen and oxygen atoms in total. The second-order valence-electron chi connectivity index (χ2n) is 3.62. The van der Waals surface area contributed by atoms with E-state index in [1.54, 1.807) is 13.3 Å². The number of aromatic nitrogens is 2. The Labute approximate surface area is 108 Å². The van der Waals surface area contributed by atoms with Crippen LogP contribution in [0.15, 0.2) is 16.9 Å². The lowest BCUT2D eigenvalue weighted by Gasteiger charge is -2.06. The van der Waals surface area contributed by atoms with Gasteiger partial charge in [-0.05, 0) is 25.8 Å². The molecule has 90 valence electrons. The van der Waals surface area contributed by atoms with Crippen molar-refractivity contribution in [2.45, 2.75) is 19.8 Å². The Balaban J connectivity index is 2.41. The molecular weight excluding hydrogens is 284 g/mol. The van der Waals surface area contributed by atoms with Crippen LogP contribution in [0, 0.1) is 0 Å². The Morgan fingerprint density at radius 2 is 2.47 bits per heavy atom. The number of nitrogens with zero attached hydrogens (tertiary/aromatic N) is 2. The first kappa shape index (κ1) is 12.1. The molecule has 2 rings (SSSR count). The van der Waals surface area contributed by atoms with Crippen molar-refractivity contribution in [2.75, 3.05) is 6.61 Å². The van der Waals surface area contributed by atoms with Crippen LogP contribution >= 0.6 is 15.9 Å². The molecule has 0 aromatic carbocycles. The van der Waals surface area contributed by atoms with E-state index in [1.165, 1.54) is 0 Å². The van der Waals surface area contributed by atoms with Gasteiger partial charge in [0.15, 0.2) is 5.69 Å². The van der Waals surface area contributed by atoms with E-state index in [0.717, 1.165) is 23.0 Å². The van der Waals surface area contributed by atoms with Gasteiger partial charge in [-0.1, -0.05) is 22.0 Å². The van der Waals surface area contributed by atoms with Gasteiger partial charge < -0.3 is 9.30 Å². The highest BCUT2D eigenvalue weighted by atomic mass is 79.9. The summed E-state index contributed by atoms with van der Waals surface area (Å²) in [5.74, 6) is -0.379. The van der Waals surface area contributed by atoms with Gasteiger partial charge in [-0.3, -0.25) is 0 Å². The fourth-order valence-electron chi connectivity index (χ4n) is 1.63. The number of allylic oxidation sites excluding steroid dienone is 2. The van der Waals surface area contributed by atoms with Crippen molar-refractivity contribution in [3.05, 3.63) is 28.3 Å². The summed E-state index contributed by atoms with van der Waals surface area (Å²) in [6.07, 6.45) is 9.38. The summed E-state index contributed by atoms with van der Waals surface area (Å²) in [5, 5.41) is 0. The van der Waals surface area contributed by atoms with Gasteiger partial charge in [-0.25, -0.2) is 9.78 Å². The van der Waals surface area contributed by atoms with Crippen LogP contribution in [-0.4, -0.2) is 22.1 Å². The van der Waals surface area contributed by atoms with Gasteiger partial charge in [0.25, 0.3) is 0 Å². The predicted octanol–water partition coefficient (Wildman–Crippen LogP) is 3.06. The van der Waals surface area contributed by atoms with E-state index in [1.807, 2.05) is 22.9 Å². The van der Waals surface area contributed by atoms with E-state index in [-0.39, 0.29) is 5.97 Å². The molecule has 1 aliphatic rings. The van der Waals surface area contributed by atoms with E-state index in [9.17, 15) is 4.79 Å². The lowest BCUT2D eigenvalue weighted by molar-refractivity contribution is 0.0520. The third kappa shape index (κ3) is 2.66. The van der Waals surface area contributed by atoms with Gasteiger partial charge in [-0.2, -0.15) is 0 Å². The first-order chi connectivity index (χ1) is 8.22. The molecule has 0 saturated heterocycles. The highest BCUT2D eigenvalue weighted by molar-refractivity contribution is 9.11. The summed E-state index contributed by atoms with van der Waals surface area (Å²) in [7, 11) is 0. The first-order valence-electron chi connectivity index (χ1n) is 5.49. The molecule has 0 spiro atoms. The molecule has 0 atom stereocenters. The van der Waals surface area contributed by atoms with E-state index < -0.39 is 0 Å². The Morgan fingerprint density at radius 3 is 3.24 bits per heavy atom.